The van der Waals surface area contributed by atoms with Crippen molar-refractivity contribution >= 4 is 45.7 Å². The van der Waals surface area contributed by atoms with Gasteiger partial charge in [0.1, 0.15) is 4.99 Å². The predicted molar refractivity (Wildman–Crippen MR) is 122 cm³/mol. The average Bonchev–Trinajstić information content (AvgIpc) is 3.22. The second-order valence-electron chi connectivity index (χ2n) is 7.19. The molecule has 0 aliphatic carbocycles. The van der Waals surface area contributed by atoms with Crippen molar-refractivity contribution in [1.82, 2.24) is 14.7 Å². The third-order valence-corrected chi connectivity index (χ3v) is 6.44. The molecule has 1 aromatic carbocycles. The predicted octanol–water partition coefficient (Wildman–Crippen LogP) is 2.61. The third kappa shape index (κ3) is 5.27. The van der Waals surface area contributed by atoms with E-state index in [4.69, 9.17) is 21.7 Å². The van der Waals surface area contributed by atoms with E-state index in [1.165, 1.54) is 0 Å². The Morgan fingerprint density at radius 2 is 1.75 bits per heavy atom. The maximum absolute atomic E-state index is 12.3. The largest absolute Gasteiger partial charge is 0.490 e. The molecule has 0 radical (unpaired) electrons. The Bertz CT molecular complexity index is 717. The Kier molecular flexibility index (Phi) is 7.76. The molecule has 0 saturated carbocycles. The molecule has 1 amide bonds. The summed E-state index contributed by atoms with van der Waals surface area (Å²) in [7, 11) is 2.13. The molecule has 0 atom stereocenters. The zero-order valence-electron chi connectivity index (χ0n) is 16.6. The molecule has 28 heavy (non-hydrogen) atoms. The van der Waals surface area contributed by atoms with Crippen molar-refractivity contribution in [1.29, 1.82) is 0 Å². The fourth-order valence-corrected chi connectivity index (χ4v) is 4.54. The number of benzene rings is 1. The van der Waals surface area contributed by atoms with Gasteiger partial charge in [-0.1, -0.05) is 12.2 Å². The highest BCUT2D eigenvalue weighted by atomic mass is 127. The summed E-state index contributed by atoms with van der Waals surface area (Å²) in [5.74, 6) is 1.31. The standard InChI is InChI=1S/C20H28IN3O3S/c1-3-26-17-13-15(20(28)24-10-8-22(2)9-11-24)12-16(21)19(17)27-14-18(25)23-6-4-5-7-23/h12-13H,3-11,14H2,1-2H3. The van der Waals surface area contributed by atoms with Crippen molar-refractivity contribution in [2.75, 3.05) is 59.5 Å². The summed E-state index contributed by atoms with van der Waals surface area (Å²) >= 11 is 7.99. The molecule has 3 rings (SSSR count). The van der Waals surface area contributed by atoms with E-state index in [0.29, 0.717) is 18.1 Å². The van der Waals surface area contributed by atoms with Crippen molar-refractivity contribution in [3.63, 3.8) is 0 Å². The second kappa shape index (κ2) is 10.1. The first kappa shape index (κ1) is 21.6. The van der Waals surface area contributed by atoms with Crippen molar-refractivity contribution < 1.29 is 14.3 Å². The van der Waals surface area contributed by atoms with Gasteiger partial charge in [-0.05, 0) is 61.5 Å². The fourth-order valence-electron chi connectivity index (χ4n) is 3.48. The minimum Gasteiger partial charge on any atom is -0.490 e. The van der Waals surface area contributed by atoms with Crippen LogP contribution in [0.2, 0.25) is 0 Å². The maximum atomic E-state index is 12.3. The van der Waals surface area contributed by atoms with Crippen molar-refractivity contribution in [2.45, 2.75) is 19.8 Å². The number of halogens is 1. The van der Waals surface area contributed by atoms with Gasteiger partial charge in [-0.15, -0.1) is 0 Å². The minimum absolute atomic E-state index is 0.0350. The Hall–Kier alpha value is -1.13. The quantitative estimate of drug-likeness (QED) is 0.427. The Morgan fingerprint density at radius 1 is 1.07 bits per heavy atom. The zero-order valence-corrected chi connectivity index (χ0v) is 19.6. The lowest BCUT2D eigenvalue weighted by Gasteiger charge is -2.34. The number of ether oxygens (including phenoxy) is 2. The maximum Gasteiger partial charge on any atom is 0.260 e. The SMILES string of the molecule is CCOc1cc(C(=S)N2CCN(C)CC2)cc(I)c1OCC(=O)N1CCCC1. The van der Waals surface area contributed by atoms with Gasteiger partial charge in [0.25, 0.3) is 5.91 Å². The van der Waals surface area contributed by atoms with Crippen LogP contribution in [0.5, 0.6) is 11.5 Å². The zero-order chi connectivity index (χ0) is 20.1. The van der Waals surface area contributed by atoms with Gasteiger partial charge in [-0.2, -0.15) is 0 Å². The number of piperazine rings is 1. The molecular weight excluding hydrogens is 489 g/mol. The number of nitrogens with zero attached hydrogens (tertiary/aromatic N) is 3. The van der Waals surface area contributed by atoms with Crippen LogP contribution in [0.3, 0.4) is 0 Å². The monoisotopic (exact) mass is 517 g/mol. The number of carbonyl (C=O) groups is 1. The van der Waals surface area contributed by atoms with E-state index in [0.717, 1.165) is 66.2 Å². The normalized spacial score (nSPS) is 17.7. The van der Waals surface area contributed by atoms with Crippen LogP contribution < -0.4 is 9.47 Å². The highest BCUT2D eigenvalue weighted by Gasteiger charge is 2.22. The summed E-state index contributed by atoms with van der Waals surface area (Å²) in [5.41, 5.74) is 0.964. The van der Waals surface area contributed by atoms with Crippen LogP contribution in [-0.4, -0.2) is 85.1 Å². The lowest BCUT2D eigenvalue weighted by atomic mass is 10.1. The molecule has 0 aromatic heterocycles. The van der Waals surface area contributed by atoms with Gasteiger partial charge >= 0.3 is 0 Å². The summed E-state index contributed by atoms with van der Waals surface area (Å²) in [6, 6.07) is 3.97. The van der Waals surface area contributed by atoms with Gasteiger partial charge < -0.3 is 24.2 Å². The van der Waals surface area contributed by atoms with Gasteiger partial charge in [0, 0.05) is 44.8 Å². The van der Waals surface area contributed by atoms with E-state index < -0.39 is 0 Å². The summed E-state index contributed by atoms with van der Waals surface area (Å²) < 4.78 is 12.6. The van der Waals surface area contributed by atoms with E-state index >= 15 is 0 Å². The first-order valence-corrected chi connectivity index (χ1v) is 11.3. The summed E-state index contributed by atoms with van der Waals surface area (Å²) in [6.07, 6.45) is 2.15. The van der Waals surface area contributed by atoms with E-state index in [2.05, 4.69) is 39.4 Å². The molecule has 0 N–H and O–H groups in total. The molecule has 6 nitrogen and oxygen atoms in total. The number of likely N-dealkylation sites (tertiary alicyclic amines) is 1. The molecule has 2 heterocycles. The lowest BCUT2D eigenvalue weighted by molar-refractivity contribution is -0.132. The molecule has 0 bridgehead atoms. The summed E-state index contributed by atoms with van der Waals surface area (Å²) in [4.78, 5) is 19.6. The molecule has 2 fully saturated rings. The van der Waals surface area contributed by atoms with Crippen LogP contribution in [0, 0.1) is 3.57 Å². The van der Waals surface area contributed by atoms with Crippen molar-refractivity contribution in [2.24, 2.45) is 0 Å². The highest BCUT2D eigenvalue weighted by Crippen LogP contribution is 2.35. The third-order valence-electron chi connectivity index (χ3n) is 5.15. The molecule has 2 aliphatic heterocycles. The number of amides is 1. The van der Waals surface area contributed by atoms with E-state index in [1.54, 1.807) is 0 Å². The lowest BCUT2D eigenvalue weighted by Crippen LogP contribution is -2.46. The van der Waals surface area contributed by atoms with Crippen LogP contribution >= 0.6 is 34.8 Å². The minimum atomic E-state index is 0.0350. The Balaban J connectivity index is 1.73. The van der Waals surface area contributed by atoms with Crippen LogP contribution in [0.15, 0.2) is 12.1 Å². The molecule has 0 unspecified atom stereocenters. The fraction of sp³-hybridized carbons (Fsp3) is 0.600. The smallest absolute Gasteiger partial charge is 0.260 e. The average molecular weight is 517 g/mol. The summed E-state index contributed by atoms with van der Waals surface area (Å²) in [5, 5.41) is 0. The first-order valence-electron chi connectivity index (χ1n) is 9.84. The molecule has 0 spiro atoms. The van der Waals surface area contributed by atoms with Gasteiger partial charge in [0.05, 0.1) is 10.2 Å². The number of thiocarbonyl (C=S) groups is 1. The molecule has 1 aromatic rings. The second-order valence-corrected chi connectivity index (χ2v) is 8.74. The molecule has 2 aliphatic rings. The summed E-state index contributed by atoms with van der Waals surface area (Å²) in [6.45, 7) is 8.04. The molecule has 154 valence electrons. The van der Waals surface area contributed by atoms with Crippen LogP contribution in [0.25, 0.3) is 0 Å². The Labute approximate surface area is 186 Å². The number of hydrogen-bond acceptors (Lipinski definition) is 5. The number of hydrogen-bond donors (Lipinski definition) is 0. The highest BCUT2D eigenvalue weighted by molar-refractivity contribution is 14.1. The van der Waals surface area contributed by atoms with Gasteiger partial charge in [0.2, 0.25) is 0 Å². The van der Waals surface area contributed by atoms with Crippen molar-refractivity contribution in [3.05, 3.63) is 21.3 Å². The first-order chi connectivity index (χ1) is 13.5. The van der Waals surface area contributed by atoms with Gasteiger partial charge in [-0.25, -0.2) is 0 Å². The number of rotatable bonds is 6. The van der Waals surface area contributed by atoms with Gasteiger partial charge in [0.15, 0.2) is 18.1 Å². The molecule has 8 heteroatoms. The Morgan fingerprint density at radius 3 is 2.39 bits per heavy atom. The molecular formula is C20H28IN3O3S. The van der Waals surface area contributed by atoms with Crippen LogP contribution in [0.1, 0.15) is 25.3 Å². The number of likely N-dealkylation sites (N-methyl/N-ethyl adjacent to an activating group) is 1. The van der Waals surface area contributed by atoms with Crippen molar-refractivity contribution in [3.8, 4) is 11.5 Å². The van der Waals surface area contributed by atoms with Gasteiger partial charge in [-0.3, -0.25) is 4.79 Å². The van der Waals surface area contributed by atoms with Crippen LogP contribution in [-0.2, 0) is 4.79 Å². The van der Waals surface area contributed by atoms with E-state index in [1.807, 2.05) is 24.0 Å². The van der Waals surface area contributed by atoms with E-state index in [9.17, 15) is 4.79 Å². The topological polar surface area (TPSA) is 45.3 Å². The molecule has 2 saturated heterocycles. The van der Waals surface area contributed by atoms with Crippen LogP contribution in [0.4, 0.5) is 0 Å². The van der Waals surface area contributed by atoms with E-state index in [-0.39, 0.29) is 12.5 Å². The number of carbonyl (C=O) groups excluding carboxylic acids is 1.